The zero-order chi connectivity index (χ0) is 9.97. The number of hydrogen-bond donors (Lipinski definition) is 1. The summed E-state index contributed by atoms with van der Waals surface area (Å²) in [5.74, 6) is 0.699. The molecular formula is C10H12Cl2N2. The van der Waals surface area contributed by atoms with Crippen LogP contribution < -0.4 is 5.32 Å². The van der Waals surface area contributed by atoms with Crippen LogP contribution in [0.4, 0.5) is 5.69 Å². The average Bonchev–Trinajstić information content (AvgIpc) is 2.99. The predicted octanol–water partition coefficient (Wildman–Crippen LogP) is 3.16. The van der Waals surface area contributed by atoms with Gasteiger partial charge in [-0.05, 0) is 24.8 Å². The summed E-state index contributed by atoms with van der Waals surface area (Å²) in [6, 6.07) is 1.86. The Kier molecular flexibility index (Phi) is 3.14. The van der Waals surface area contributed by atoms with Crippen LogP contribution in [0.2, 0.25) is 5.02 Å². The fourth-order valence-electron chi connectivity index (χ4n) is 1.35. The second-order valence-corrected chi connectivity index (χ2v) is 4.56. The Morgan fingerprint density at radius 2 is 2.36 bits per heavy atom. The third kappa shape index (κ3) is 2.52. The Bertz CT molecular complexity index is 313. The Morgan fingerprint density at radius 1 is 1.57 bits per heavy atom. The van der Waals surface area contributed by atoms with Gasteiger partial charge in [0.2, 0.25) is 0 Å². The van der Waals surface area contributed by atoms with E-state index in [0.717, 1.165) is 12.2 Å². The monoisotopic (exact) mass is 230 g/mol. The quantitative estimate of drug-likeness (QED) is 0.805. The van der Waals surface area contributed by atoms with Gasteiger partial charge in [-0.3, -0.25) is 4.98 Å². The molecule has 2 rings (SSSR count). The molecule has 0 aliphatic heterocycles. The molecule has 4 heteroatoms. The topological polar surface area (TPSA) is 24.9 Å². The molecule has 1 aliphatic rings. The van der Waals surface area contributed by atoms with E-state index >= 15 is 0 Å². The van der Waals surface area contributed by atoms with E-state index in [1.165, 1.54) is 12.8 Å². The Hall–Kier alpha value is -0.470. The Morgan fingerprint density at radius 3 is 3.00 bits per heavy atom. The summed E-state index contributed by atoms with van der Waals surface area (Å²) in [7, 11) is 0. The zero-order valence-electron chi connectivity index (χ0n) is 7.71. The van der Waals surface area contributed by atoms with Gasteiger partial charge >= 0.3 is 0 Å². The molecule has 1 aromatic rings. The van der Waals surface area contributed by atoms with Crippen molar-refractivity contribution in [1.82, 2.24) is 4.98 Å². The highest BCUT2D eigenvalue weighted by Crippen LogP contribution is 2.35. The lowest BCUT2D eigenvalue weighted by atomic mass is 10.3. The summed E-state index contributed by atoms with van der Waals surface area (Å²) in [5, 5.41) is 4.10. The van der Waals surface area contributed by atoms with Crippen LogP contribution in [0, 0.1) is 5.92 Å². The Labute approximate surface area is 93.6 Å². The maximum atomic E-state index is 6.16. The van der Waals surface area contributed by atoms with Gasteiger partial charge in [0.15, 0.2) is 0 Å². The second kappa shape index (κ2) is 4.37. The van der Waals surface area contributed by atoms with E-state index in [2.05, 4.69) is 10.3 Å². The van der Waals surface area contributed by atoms with Crippen molar-refractivity contribution in [2.45, 2.75) is 18.2 Å². The molecule has 0 radical (unpaired) electrons. The molecule has 1 aromatic heterocycles. The molecule has 1 unspecified atom stereocenters. The van der Waals surface area contributed by atoms with Crippen molar-refractivity contribution in [2.75, 3.05) is 11.9 Å². The van der Waals surface area contributed by atoms with E-state index in [0.29, 0.717) is 10.9 Å². The lowest BCUT2D eigenvalue weighted by molar-refractivity contribution is 0.770. The van der Waals surface area contributed by atoms with Crippen LogP contribution >= 0.6 is 23.2 Å². The molecule has 76 valence electrons. The maximum Gasteiger partial charge on any atom is 0.0820 e. The average molecular weight is 231 g/mol. The van der Waals surface area contributed by atoms with Crippen LogP contribution in [0.15, 0.2) is 18.5 Å². The lowest BCUT2D eigenvalue weighted by Crippen LogP contribution is -2.16. The highest BCUT2D eigenvalue weighted by molar-refractivity contribution is 6.33. The summed E-state index contributed by atoms with van der Waals surface area (Å²) < 4.78 is 0. The third-order valence-corrected chi connectivity index (χ3v) is 3.21. The van der Waals surface area contributed by atoms with Crippen LogP contribution in [-0.4, -0.2) is 16.9 Å². The highest BCUT2D eigenvalue weighted by Gasteiger charge is 2.29. The van der Waals surface area contributed by atoms with Gasteiger partial charge < -0.3 is 5.32 Å². The van der Waals surface area contributed by atoms with Gasteiger partial charge in [-0.25, -0.2) is 0 Å². The fraction of sp³-hybridized carbons (Fsp3) is 0.500. The largest absolute Gasteiger partial charge is 0.382 e. The summed E-state index contributed by atoms with van der Waals surface area (Å²) in [6.45, 7) is 0.774. The molecule has 1 N–H and O–H groups in total. The van der Waals surface area contributed by atoms with E-state index in [9.17, 15) is 0 Å². The number of alkyl halides is 1. The minimum Gasteiger partial charge on any atom is -0.382 e. The summed E-state index contributed by atoms with van der Waals surface area (Å²) in [5.41, 5.74) is 0.910. The van der Waals surface area contributed by atoms with Crippen LogP contribution in [0.3, 0.4) is 0 Å². The molecule has 0 bridgehead atoms. The molecule has 2 nitrogen and oxygen atoms in total. The first kappa shape index (κ1) is 10.1. The number of halogens is 2. The number of aromatic nitrogens is 1. The molecule has 0 spiro atoms. The van der Waals surface area contributed by atoms with Gasteiger partial charge in [0.25, 0.3) is 0 Å². The minimum absolute atomic E-state index is 0.222. The molecule has 14 heavy (non-hydrogen) atoms. The molecule has 1 heterocycles. The van der Waals surface area contributed by atoms with E-state index in [4.69, 9.17) is 23.2 Å². The smallest absolute Gasteiger partial charge is 0.0820 e. The van der Waals surface area contributed by atoms with Crippen molar-refractivity contribution in [1.29, 1.82) is 0 Å². The third-order valence-electron chi connectivity index (χ3n) is 2.39. The number of anilines is 1. The maximum absolute atomic E-state index is 6.16. The Balaban J connectivity index is 1.87. The van der Waals surface area contributed by atoms with E-state index < -0.39 is 0 Å². The zero-order valence-corrected chi connectivity index (χ0v) is 9.22. The van der Waals surface area contributed by atoms with Gasteiger partial charge in [-0.1, -0.05) is 11.6 Å². The van der Waals surface area contributed by atoms with Crippen molar-refractivity contribution >= 4 is 28.9 Å². The van der Waals surface area contributed by atoms with E-state index in [-0.39, 0.29) is 5.38 Å². The number of nitrogens with zero attached hydrogens (tertiary/aromatic N) is 1. The highest BCUT2D eigenvalue weighted by atomic mass is 35.5. The number of nitrogens with one attached hydrogen (secondary N) is 1. The molecule has 1 fully saturated rings. The summed E-state index contributed by atoms with van der Waals surface area (Å²) >= 11 is 12.1. The normalized spacial score (nSPS) is 17.9. The molecule has 0 saturated heterocycles. The van der Waals surface area contributed by atoms with Crippen molar-refractivity contribution < 1.29 is 0 Å². The molecule has 0 amide bonds. The first-order valence-electron chi connectivity index (χ1n) is 4.75. The molecule has 1 saturated carbocycles. The SMILES string of the molecule is Clc1cnccc1NCC(Cl)C1CC1. The fourth-order valence-corrected chi connectivity index (χ4v) is 1.87. The summed E-state index contributed by atoms with van der Waals surface area (Å²) in [4.78, 5) is 3.91. The van der Waals surface area contributed by atoms with E-state index in [1.807, 2.05) is 6.07 Å². The number of rotatable bonds is 4. The predicted molar refractivity (Wildman–Crippen MR) is 60.1 cm³/mol. The molecule has 1 atom stereocenters. The van der Waals surface area contributed by atoms with Crippen LogP contribution in [0.25, 0.3) is 0 Å². The lowest BCUT2D eigenvalue weighted by Gasteiger charge is -2.11. The molecular weight excluding hydrogens is 219 g/mol. The van der Waals surface area contributed by atoms with Crippen molar-refractivity contribution in [2.24, 2.45) is 5.92 Å². The summed E-state index contributed by atoms with van der Waals surface area (Å²) in [6.07, 6.45) is 5.87. The van der Waals surface area contributed by atoms with E-state index in [1.54, 1.807) is 12.4 Å². The van der Waals surface area contributed by atoms with Gasteiger partial charge in [0.1, 0.15) is 0 Å². The van der Waals surface area contributed by atoms with Crippen LogP contribution in [0.1, 0.15) is 12.8 Å². The van der Waals surface area contributed by atoms with Crippen LogP contribution in [0.5, 0.6) is 0 Å². The first-order chi connectivity index (χ1) is 6.77. The molecule has 1 aliphatic carbocycles. The number of pyridine rings is 1. The van der Waals surface area contributed by atoms with Crippen molar-refractivity contribution in [3.63, 3.8) is 0 Å². The second-order valence-electron chi connectivity index (χ2n) is 3.59. The van der Waals surface area contributed by atoms with Gasteiger partial charge in [0.05, 0.1) is 16.1 Å². The van der Waals surface area contributed by atoms with Crippen molar-refractivity contribution in [3.8, 4) is 0 Å². The van der Waals surface area contributed by atoms with Crippen molar-refractivity contribution in [3.05, 3.63) is 23.5 Å². The standard InChI is InChI=1S/C10H12Cl2N2/c11-8(7-1-2-7)6-14-10-3-4-13-5-9(10)12/h3-5,7-8H,1-2,6H2,(H,13,14). The van der Waals surface area contributed by atoms with Gasteiger partial charge in [-0.15, -0.1) is 11.6 Å². The minimum atomic E-state index is 0.222. The number of hydrogen-bond acceptors (Lipinski definition) is 2. The van der Waals surface area contributed by atoms with Gasteiger partial charge in [0, 0.05) is 18.9 Å². The van der Waals surface area contributed by atoms with Gasteiger partial charge in [-0.2, -0.15) is 0 Å². The first-order valence-corrected chi connectivity index (χ1v) is 5.56. The molecule has 0 aromatic carbocycles. The van der Waals surface area contributed by atoms with Crippen LogP contribution in [-0.2, 0) is 0 Å².